The van der Waals surface area contributed by atoms with Gasteiger partial charge < -0.3 is 49.7 Å². The van der Waals surface area contributed by atoms with Crippen LogP contribution < -0.4 is 0 Å². The van der Waals surface area contributed by atoms with Gasteiger partial charge in [0.1, 0.15) is 0 Å². The summed E-state index contributed by atoms with van der Waals surface area (Å²) in [7, 11) is 0. The minimum atomic E-state index is 0. The van der Waals surface area contributed by atoms with Gasteiger partial charge in [0.15, 0.2) is 0 Å². The van der Waals surface area contributed by atoms with Crippen LogP contribution in [-0.2, 0) is 41.7 Å². The molecule has 0 heterocycles. The second-order valence-electron chi connectivity index (χ2n) is 0.192. The summed E-state index contributed by atoms with van der Waals surface area (Å²) >= 11 is 16.3. The van der Waals surface area contributed by atoms with Crippen LogP contribution in [-0.4, -0.2) is 9.40 Å². The average molecular weight is 213 g/mol. The molecule has 0 aliphatic carbocycles. The molecule has 0 aromatic carbocycles. The first-order chi connectivity index (χ1) is 2.83. The zero-order chi connectivity index (χ0) is 5.41. The largest absolute Gasteiger partial charge is 2.00 e. The first-order valence-electron chi connectivity index (χ1n) is 0.943. The van der Waals surface area contributed by atoms with Crippen molar-refractivity contribution in [3.63, 3.8) is 0 Å². The molecule has 0 N–H and O–H groups in total. The number of hydrogen-bond donors (Lipinski definition) is 0. The number of thiocarbonyl (C=S) groups is 2. The zero-order valence-corrected chi connectivity index (χ0v) is 7.36. The van der Waals surface area contributed by atoms with E-state index in [1.54, 1.807) is 0 Å². The van der Waals surface area contributed by atoms with Crippen LogP contribution in [0.2, 0.25) is 0 Å². The van der Waals surface area contributed by atoms with Crippen LogP contribution in [0, 0.1) is 0 Å². The Morgan fingerprint density at radius 3 is 1.00 bits per heavy atom. The van der Waals surface area contributed by atoms with Crippen molar-refractivity contribution in [2.75, 3.05) is 0 Å². The average Bonchev–Trinajstić information content (AvgIpc) is 1.39. The standard InChI is InChI=1S/2CH2S2.Ni/c2*2-1-3;/h2*1H,(H,2,3);/q;;+2/p-2. The monoisotopic (exact) mass is 212 g/mol. The molecular weight excluding hydrogens is 211 g/mol. The molecule has 0 aliphatic heterocycles. The Labute approximate surface area is 75.2 Å². The molecule has 0 bridgehead atoms. The molecule has 0 atom stereocenters. The second kappa shape index (κ2) is 27.4. The molecule has 5 heteroatoms. The summed E-state index contributed by atoms with van der Waals surface area (Å²) in [6.07, 6.45) is 0. The van der Waals surface area contributed by atoms with Crippen molar-refractivity contribution in [2.24, 2.45) is 0 Å². The van der Waals surface area contributed by atoms with Crippen molar-refractivity contribution in [3.8, 4) is 0 Å². The van der Waals surface area contributed by atoms with Gasteiger partial charge in [-0.2, -0.15) is 9.40 Å². The normalized spacial score (nSPS) is 3.43. The summed E-state index contributed by atoms with van der Waals surface area (Å²) in [6, 6.07) is 0. The fraction of sp³-hybridized carbons (Fsp3) is 0. The fourth-order valence-electron chi connectivity index (χ4n) is 0. The van der Waals surface area contributed by atoms with Gasteiger partial charge in [-0.1, -0.05) is 0 Å². The zero-order valence-electron chi connectivity index (χ0n) is 3.10. The van der Waals surface area contributed by atoms with Crippen molar-refractivity contribution in [2.45, 2.75) is 0 Å². The molecule has 0 aromatic rings. The molecule has 0 unspecified atom stereocenters. The second-order valence-corrected chi connectivity index (χ2v) is 1.73. The Morgan fingerprint density at radius 1 is 1.00 bits per heavy atom. The van der Waals surface area contributed by atoms with Gasteiger partial charge in [0.25, 0.3) is 0 Å². The van der Waals surface area contributed by atoms with E-state index in [0.717, 1.165) is 0 Å². The fourth-order valence-corrected chi connectivity index (χ4v) is 0. The van der Waals surface area contributed by atoms with Gasteiger partial charge in [-0.15, -0.1) is 0 Å². The molecule has 0 rings (SSSR count). The summed E-state index contributed by atoms with van der Waals surface area (Å²) in [5, 5.41) is 0. The third-order valence-corrected chi connectivity index (χ3v) is 0. The van der Waals surface area contributed by atoms with E-state index in [2.05, 4.69) is 49.7 Å². The smallest absolute Gasteiger partial charge is 0.436 e. The minimum Gasteiger partial charge on any atom is -0.436 e. The maximum absolute atomic E-state index is 4.08. The molecule has 0 saturated heterocycles. The Bertz CT molecular complexity index is 30.7. The number of hydrogen-bond acceptors (Lipinski definition) is 4. The van der Waals surface area contributed by atoms with E-state index in [1.165, 1.54) is 9.40 Å². The third kappa shape index (κ3) is 150. The molecule has 0 amide bonds. The predicted octanol–water partition coefficient (Wildman–Crippen LogP) is 0.979. The van der Waals surface area contributed by atoms with E-state index in [4.69, 9.17) is 0 Å². The molecule has 44 valence electrons. The van der Waals surface area contributed by atoms with E-state index >= 15 is 0 Å². The summed E-state index contributed by atoms with van der Waals surface area (Å²) < 4.78 is 2.33. The van der Waals surface area contributed by atoms with E-state index in [0.29, 0.717) is 0 Å². The Hall–Kier alpha value is 1.11. The van der Waals surface area contributed by atoms with Crippen LogP contribution in [0.1, 0.15) is 0 Å². The Balaban J connectivity index is -0.0000000400. The molecule has 0 spiro atoms. The molecule has 0 aliphatic rings. The summed E-state index contributed by atoms with van der Waals surface area (Å²) in [5.41, 5.74) is 0. The molecule has 0 radical (unpaired) electrons. The molecule has 7 heavy (non-hydrogen) atoms. The van der Waals surface area contributed by atoms with Gasteiger partial charge in [0.2, 0.25) is 0 Å². The van der Waals surface area contributed by atoms with Crippen molar-refractivity contribution < 1.29 is 16.5 Å². The molecule has 0 nitrogen and oxygen atoms in total. The maximum atomic E-state index is 4.08. The SMILES string of the molecule is S=C[S-].S=C[S-].[Ni+2]. The minimum absolute atomic E-state index is 0. The molecular formula is C2H2NiS4. The molecule has 0 fully saturated rings. The van der Waals surface area contributed by atoms with E-state index in [-0.39, 0.29) is 16.5 Å². The number of rotatable bonds is 0. The van der Waals surface area contributed by atoms with Crippen LogP contribution >= 0.6 is 24.4 Å². The van der Waals surface area contributed by atoms with Crippen LogP contribution in [0.5, 0.6) is 0 Å². The third-order valence-electron chi connectivity index (χ3n) is 0. The predicted molar refractivity (Wildman–Crippen MR) is 42.0 cm³/mol. The van der Waals surface area contributed by atoms with Crippen molar-refractivity contribution >= 4 is 59.1 Å². The van der Waals surface area contributed by atoms with Gasteiger partial charge in [-0.25, -0.2) is 0 Å². The van der Waals surface area contributed by atoms with Crippen LogP contribution in [0.25, 0.3) is 0 Å². The first-order valence-corrected chi connectivity index (χ1v) is 2.83. The van der Waals surface area contributed by atoms with Gasteiger partial charge >= 0.3 is 16.5 Å². The molecule has 0 saturated carbocycles. The first kappa shape index (κ1) is 15.7. The van der Waals surface area contributed by atoms with Gasteiger partial charge in [-0.05, 0) is 0 Å². The van der Waals surface area contributed by atoms with Crippen molar-refractivity contribution in [3.05, 3.63) is 0 Å². The van der Waals surface area contributed by atoms with Crippen LogP contribution in [0.3, 0.4) is 0 Å². The van der Waals surface area contributed by atoms with Crippen molar-refractivity contribution in [1.82, 2.24) is 0 Å². The van der Waals surface area contributed by atoms with Gasteiger partial charge in [0.05, 0.1) is 0 Å². The quantitative estimate of drug-likeness (QED) is 0.334. The van der Waals surface area contributed by atoms with Crippen LogP contribution in [0.4, 0.5) is 0 Å². The topological polar surface area (TPSA) is 0 Å². The van der Waals surface area contributed by atoms with Gasteiger partial charge in [-0.3, -0.25) is 0 Å². The summed E-state index contributed by atoms with van der Waals surface area (Å²) in [5.74, 6) is 0. The molecule has 0 aromatic heterocycles. The summed E-state index contributed by atoms with van der Waals surface area (Å²) in [6.45, 7) is 0. The van der Waals surface area contributed by atoms with E-state index in [9.17, 15) is 0 Å². The van der Waals surface area contributed by atoms with E-state index in [1.807, 2.05) is 0 Å². The van der Waals surface area contributed by atoms with Crippen LogP contribution in [0.15, 0.2) is 0 Å². The Kier molecular flexibility index (Phi) is 61.5. The summed E-state index contributed by atoms with van der Waals surface area (Å²) in [4.78, 5) is 0. The van der Waals surface area contributed by atoms with Gasteiger partial charge in [0, 0.05) is 0 Å². The Morgan fingerprint density at radius 2 is 1.00 bits per heavy atom. The van der Waals surface area contributed by atoms with Crippen molar-refractivity contribution in [1.29, 1.82) is 0 Å². The van der Waals surface area contributed by atoms with E-state index < -0.39 is 0 Å². The maximum Gasteiger partial charge on any atom is 2.00 e.